The lowest BCUT2D eigenvalue weighted by Crippen LogP contribution is -2.22. The van der Waals surface area contributed by atoms with Gasteiger partial charge in [-0.05, 0) is 24.2 Å². The van der Waals surface area contributed by atoms with Gasteiger partial charge < -0.3 is 10.1 Å². The molecule has 0 aliphatic rings. The van der Waals surface area contributed by atoms with Crippen LogP contribution in [0.1, 0.15) is 24.2 Å². The van der Waals surface area contributed by atoms with E-state index in [0.29, 0.717) is 0 Å². The molecular weight excluding hydrogens is 253 g/mol. The zero-order valence-electron chi connectivity index (χ0n) is 10.2. The highest BCUT2D eigenvalue weighted by Gasteiger charge is 2.17. The molecule has 0 spiro atoms. The monoisotopic (exact) mass is 267 g/mol. The third kappa shape index (κ3) is 2.65. The van der Waals surface area contributed by atoms with Crippen LogP contribution in [-0.2, 0) is 0 Å². The van der Waals surface area contributed by atoms with Crippen molar-refractivity contribution >= 4 is 11.7 Å². The highest BCUT2D eigenvalue weighted by atomic mass is 32.1. The van der Waals surface area contributed by atoms with E-state index < -0.39 is 0 Å². The molecule has 1 aromatic heterocycles. The molecule has 4 nitrogen and oxygen atoms in total. The number of ether oxygens (including phenoxy) is 1. The Kier molecular flexibility index (Phi) is 4.22. The zero-order chi connectivity index (χ0) is 13.0. The van der Waals surface area contributed by atoms with Crippen LogP contribution in [0.5, 0.6) is 5.75 Å². The summed E-state index contributed by atoms with van der Waals surface area (Å²) in [4.78, 5) is 0. The molecule has 1 N–H and O–H groups in total. The molecule has 18 heavy (non-hydrogen) atoms. The summed E-state index contributed by atoms with van der Waals surface area (Å²) in [6.07, 6.45) is 1.69. The van der Waals surface area contributed by atoms with Gasteiger partial charge in [0, 0.05) is 0 Å². The molecule has 1 aromatic carbocycles. The minimum atomic E-state index is -0.374. The van der Waals surface area contributed by atoms with Crippen LogP contribution in [0.15, 0.2) is 24.4 Å². The molecule has 2 rings (SSSR count). The number of methoxy groups -OCH3 is 1. The number of benzene rings is 1. The van der Waals surface area contributed by atoms with Crippen molar-refractivity contribution in [2.45, 2.75) is 13.0 Å². The van der Waals surface area contributed by atoms with Crippen molar-refractivity contribution in [2.75, 3.05) is 13.7 Å². The Labute approximate surface area is 109 Å². The second kappa shape index (κ2) is 5.88. The molecule has 0 aliphatic carbocycles. The lowest BCUT2D eigenvalue weighted by molar-refractivity contribution is 0.385. The number of nitrogens with one attached hydrogen (secondary N) is 1. The summed E-state index contributed by atoms with van der Waals surface area (Å²) in [7, 11) is 1.45. The minimum absolute atomic E-state index is 0.144. The first kappa shape index (κ1) is 12.9. The molecule has 1 unspecified atom stereocenters. The Balaban J connectivity index is 2.34. The van der Waals surface area contributed by atoms with Crippen LogP contribution < -0.4 is 10.1 Å². The first-order valence-corrected chi connectivity index (χ1v) is 6.33. The van der Waals surface area contributed by atoms with Crippen LogP contribution in [0.4, 0.5) is 4.39 Å². The SMILES string of the molecule is CCNC(c1ccc(OC)c(F)c1)c1cnsn1. The molecule has 1 heterocycles. The van der Waals surface area contributed by atoms with Gasteiger partial charge in [-0.3, -0.25) is 0 Å². The average Bonchev–Trinajstić information content (AvgIpc) is 2.89. The number of aromatic nitrogens is 2. The Morgan fingerprint density at radius 3 is 2.89 bits per heavy atom. The van der Waals surface area contributed by atoms with E-state index in [0.717, 1.165) is 29.5 Å². The van der Waals surface area contributed by atoms with Crippen molar-refractivity contribution in [3.8, 4) is 5.75 Å². The summed E-state index contributed by atoms with van der Waals surface area (Å²) >= 11 is 1.14. The normalized spacial score (nSPS) is 12.4. The Hall–Kier alpha value is -1.53. The van der Waals surface area contributed by atoms with Crippen LogP contribution >= 0.6 is 11.7 Å². The highest BCUT2D eigenvalue weighted by Crippen LogP contribution is 2.25. The van der Waals surface area contributed by atoms with E-state index in [4.69, 9.17) is 4.74 Å². The van der Waals surface area contributed by atoms with Crippen LogP contribution in [-0.4, -0.2) is 22.4 Å². The van der Waals surface area contributed by atoms with Crippen molar-refractivity contribution in [3.63, 3.8) is 0 Å². The van der Waals surface area contributed by atoms with Gasteiger partial charge >= 0.3 is 0 Å². The van der Waals surface area contributed by atoms with Gasteiger partial charge in [-0.2, -0.15) is 8.75 Å². The smallest absolute Gasteiger partial charge is 0.165 e. The molecule has 0 bridgehead atoms. The summed E-state index contributed by atoms with van der Waals surface area (Å²) in [5.74, 6) is -0.133. The maximum Gasteiger partial charge on any atom is 0.165 e. The maximum atomic E-state index is 13.7. The quantitative estimate of drug-likeness (QED) is 0.903. The van der Waals surface area contributed by atoms with E-state index in [1.165, 1.54) is 13.2 Å². The average molecular weight is 267 g/mol. The van der Waals surface area contributed by atoms with Gasteiger partial charge in [-0.1, -0.05) is 13.0 Å². The Morgan fingerprint density at radius 2 is 2.33 bits per heavy atom. The van der Waals surface area contributed by atoms with Gasteiger partial charge in [0.1, 0.15) is 0 Å². The lowest BCUT2D eigenvalue weighted by atomic mass is 10.0. The summed E-state index contributed by atoms with van der Waals surface area (Å²) < 4.78 is 26.8. The first-order chi connectivity index (χ1) is 8.76. The Morgan fingerprint density at radius 1 is 1.50 bits per heavy atom. The van der Waals surface area contributed by atoms with E-state index in [9.17, 15) is 4.39 Å². The van der Waals surface area contributed by atoms with Gasteiger partial charge in [0.15, 0.2) is 11.6 Å². The minimum Gasteiger partial charge on any atom is -0.494 e. The van der Waals surface area contributed by atoms with Crippen molar-refractivity contribution < 1.29 is 9.13 Å². The fourth-order valence-electron chi connectivity index (χ4n) is 1.76. The topological polar surface area (TPSA) is 47.0 Å². The number of nitrogens with zero attached hydrogens (tertiary/aromatic N) is 2. The fourth-order valence-corrected chi connectivity index (χ4v) is 2.21. The molecule has 0 saturated heterocycles. The molecule has 0 aliphatic heterocycles. The third-order valence-electron chi connectivity index (χ3n) is 2.59. The fraction of sp³-hybridized carbons (Fsp3) is 0.333. The predicted octanol–water partition coefficient (Wildman–Crippen LogP) is 2.38. The van der Waals surface area contributed by atoms with Gasteiger partial charge in [-0.25, -0.2) is 4.39 Å². The predicted molar refractivity (Wildman–Crippen MR) is 68.4 cm³/mol. The summed E-state index contributed by atoms with van der Waals surface area (Å²) in [5.41, 5.74) is 1.61. The van der Waals surface area contributed by atoms with Crippen LogP contribution in [0, 0.1) is 5.82 Å². The molecule has 2 aromatic rings. The molecule has 0 fully saturated rings. The molecule has 6 heteroatoms. The van der Waals surface area contributed by atoms with E-state index in [2.05, 4.69) is 14.1 Å². The molecule has 0 radical (unpaired) electrons. The largest absolute Gasteiger partial charge is 0.494 e. The van der Waals surface area contributed by atoms with Gasteiger partial charge in [0.2, 0.25) is 0 Å². The van der Waals surface area contributed by atoms with Crippen LogP contribution in [0.2, 0.25) is 0 Å². The standard InChI is InChI=1S/C12H14FN3OS/c1-3-14-12(10-7-15-18-16-10)8-4-5-11(17-2)9(13)6-8/h4-7,12,14H,3H2,1-2H3. The maximum absolute atomic E-state index is 13.7. The van der Waals surface area contributed by atoms with Crippen molar-refractivity contribution in [1.29, 1.82) is 0 Å². The number of rotatable bonds is 5. The van der Waals surface area contributed by atoms with Crippen molar-refractivity contribution in [2.24, 2.45) is 0 Å². The highest BCUT2D eigenvalue weighted by molar-refractivity contribution is 6.99. The molecule has 1 atom stereocenters. The second-order valence-electron chi connectivity index (χ2n) is 3.72. The summed E-state index contributed by atoms with van der Waals surface area (Å²) in [6, 6.07) is 4.77. The van der Waals surface area contributed by atoms with E-state index in [1.807, 2.05) is 13.0 Å². The van der Waals surface area contributed by atoms with Crippen LogP contribution in [0.3, 0.4) is 0 Å². The third-order valence-corrected chi connectivity index (χ3v) is 3.08. The van der Waals surface area contributed by atoms with Crippen molar-refractivity contribution in [1.82, 2.24) is 14.1 Å². The van der Waals surface area contributed by atoms with Gasteiger partial charge in [0.05, 0.1) is 36.8 Å². The summed E-state index contributed by atoms with van der Waals surface area (Å²) in [6.45, 7) is 2.75. The molecule has 96 valence electrons. The zero-order valence-corrected chi connectivity index (χ0v) is 11.0. The second-order valence-corrected chi connectivity index (χ2v) is 4.27. The number of halogens is 1. The van der Waals surface area contributed by atoms with E-state index in [-0.39, 0.29) is 17.6 Å². The molecular formula is C12H14FN3OS. The lowest BCUT2D eigenvalue weighted by Gasteiger charge is -2.16. The van der Waals surface area contributed by atoms with E-state index >= 15 is 0 Å². The molecule has 0 amide bonds. The summed E-state index contributed by atoms with van der Waals surface area (Å²) in [5, 5.41) is 3.26. The van der Waals surface area contributed by atoms with E-state index in [1.54, 1.807) is 12.3 Å². The Bertz CT molecular complexity index is 504. The van der Waals surface area contributed by atoms with Crippen LogP contribution in [0.25, 0.3) is 0 Å². The number of hydrogen-bond acceptors (Lipinski definition) is 5. The van der Waals surface area contributed by atoms with Gasteiger partial charge in [-0.15, -0.1) is 0 Å². The van der Waals surface area contributed by atoms with Gasteiger partial charge in [0.25, 0.3) is 0 Å². The molecule has 0 saturated carbocycles. The first-order valence-electron chi connectivity index (χ1n) is 5.60. The van der Waals surface area contributed by atoms with Crippen molar-refractivity contribution in [3.05, 3.63) is 41.5 Å². The number of hydrogen-bond donors (Lipinski definition) is 1.